The van der Waals surface area contributed by atoms with Crippen molar-refractivity contribution in [3.63, 3.8) is 0 Å². The lowest BCUT2D eigenvalue weighted by molar-refractivity contribution is -0.141. The lowest BCUT2D eigenvalue weighted by atomic mass is 9.64. The number of aryl methyl sites for hydroxylation is 1. The maximum absolute atomic E-state index is 13.5. The van der Waals surface area contributed by atoms with Crippen molar-refractivity contribution in [2.45, 2.75) is 94.4 Å². The fraction of sp³-hybridized carbons (Fsp3) is 0.649. The number of carbonyl (C=O) groups excluding carboxylic acids is 1. The zero-order valence-corrected chi connectivity index (χ0v) is 29.5. The van der Waals surface area contributed by atoms with Crippen molar-refractivity contribution in [3.8, 4) is 5.75 Å². The van der Waals surface area contributed by atoms with E-state index in [1.165, 1.54) is 11.1 Å². The van der Waals surface area contributed by atoms with Gasteiger partial charge in [0.2, 0.25) is 10.0 Å². The number of sulfonamides is 1. The monoisotopic (exact) mass is 697 g/mol. The number of anilines is 1. The van der Waals surface area contributed by atoms with E-state index in [9.17, 15) is 13.2 Å². The van der Waals surface area contributed by atoms with Crippen LogP contribution in [0.2, 0.25) is 5.02 Å². The summed E-state index contributed by atoms with van der Waals surface area (Å²) in [6.07, 6.45) is 7.77. The number of fused-ring (bicyclic) bond motifs is 5. The Morgan fingerprint density at radius 3 is 2.54 bits per heavy atom. The van der Waals surface area contributed by atoms with Crippen LogP contribution in [0.15, 0.2) is 36.4 Å². The van der Waals surface area contributed by atoms with E-state index in [1.54, 1.807) is 13.0 Å². The number of halogens is 1. The second-order valence-electron chi connectivity index (χ2n) is 15.4. The fourth-order valence-corrected chi connectivity index (χ4v) is 11.0. The molecule has 1 amide bonds. The molecule has 4 aliphatic heterocycles. The molecule has 2 saturated heterocycles. The summed E-state index contributed by atoms with van der Waals surface area (Å²) < 4.78 is 49.2. The van der Waals surface area contributed by atoms with Gasteiger partial charge in [-0.2, -0.15) is 0 Å². The van der Waals surface area contributed by atoms with Gasteiger partial charge in [0.05, 0.1) is 17.5 Å². The van der Waals surface area contributed by atoms with Crippen molar-refractivity contribution in [3.05, 3.63) is 58.1 Å². The van der Waals surface area contributed by atoms with Gasteiger partial charge in [0.25, 0.3) is 5.91 Å². The molecule has 2 aromatic rings. The van der Waals surface area contributed by atoms with Crippen molar-refractivity contribution in [1.82, 2.24) is 10.0 Å². The van der Waals surface area contributed by atoms with Crippen molar-refractivity contribution in [1.29, 1.82) is 0 Å². The van der Waals surface area contributed by atoms with Crippen molar-refractivity contribution in [2.75, 3.05) is 37.7 Å². The highest BCUT2D eigenvalue weighted by Gasteiger charge is 2.49. The number of amides is 1. The third-order valence-corrected chi connectivity index (χ3v) is 14.7. The van der Waals surface area contributed by atoms with E-state index in [0.717, 1.165) is 94.0 Å². The van der Waals surface area contributed by atoms with E-state index in [1.807, 2.05) is 25.1 Å². The van der Waals surface area contributed by atoms with Gasteiger partial charge in [-0.3, -0.25) is 4.79 Å². The maximum Gasteiger partial charge on any atom is 0.264 e. The van der Waals surface area contributed by atoms with Gasteiger partial charge in [-0.05, 0) is 111 Å². The second kappa shape index (κ2) is 12.7. The summed E-state index contributed by atoms with van der Waals surface area (Å²) in [7, 11) is -3.90. The van der Waals surface area contributed by atoms with Gasteiger partial charge >= 0.3 is 0 Å². The number of nitrogens with one attached hydrogen (secondary N) is 2. The Morgan fingerprint density at radius 2 is 1.77 bits per heavy atom. The molecule has 0 aromatic heterocycles. The molecule has 8 rings (SSSR count). The van der Waals surface area contributed by atoms with Gasteiger partial charge < -0.3 is 24.4 Å². The molecule has 9 atom stereocenters. The first-order valence-corrected chi connectivity index (χ1v) is 19.9. The summed E-state index contributed by atoms with van der Waals surface area (Å²) in [6.45, 7) is 7.41. The van der Waals surface area contributed by atoms with E-state index in [0.29, 0.717) is 24.0 Å². The van der Waals surface area contributed by atoms with Gasteiger partial charge in [0.1, 0.15) is 18.0 Å². The van der Waals surface area contributed by atoms with Gasteiger partial charge in [0, 0.05) is 48.1 Å². The van der Waals surface area contributed by atoms with Crippen molar-refractivity contribution < 1.29 is 27.4 Å². The number of hydrogen-bond acceptors (Lipinski definition) is 8. The topological polar surface area (TPSA) is 106 Å². The van der Waals surface area contributed by atoms with Crippen LogP contribution in [0.3, 0.4) is 0 Å². The predicted octanol–water partition coefficient (Wildman–Crippen LogP) is 5.44. The first-order chi connectivity index (χ1) is 23.1. The van der Waals surface area contributed by atoms with Gasteiger partial charge in [-0.25, -0.2) is 13.1 Å². The SMILES string of the molecule is C[C@@H]1[C@@H](C)CCC[C@@H](C2O[C@H]3CNC[C@H]3O2)[C@@H]2CC[C@H]2CN2C[C@@]3(CCCc4cc(Cl)ccc43)COc3ccc(cc32)C(=O)NS1(=O)=O. The lowest BCUT2D eigenvalue weighted by Crippen LogP contribution is -2.50. The van der Waals surface area contributed by atoms with E-state index < -0.39 is 21.2 Å². The second-order valence-corrected chi connectivity index (χ2v) is 17.9. The van der Waals surface area contributed by atoms with Crippen LogP contribution >= 0.6 is 11.6 Å². The molecule has 4 heterocycles. The fourth-order valence-electron chi connectivity index (χ4n) is 9.45. The summed E-state index contributed by atoms with van der Waals surface area (Å²) in [5, 5.41) is 3.43. The molecule has 2 aliphatic carbocycles. The number of benzene rings is 2. The minimum Gasteiger partial charge on any atom is -0.490 e. The smallest absolute Gasteiger partial charge is 0.264 e. The largest absolute Gasteiger partial charge is 0.490 e. The summed E-state index contributed by atoms with van der Waals surface area (Å²) in [5.41, 5.74) is 3.50. The number of nitrogens with zero attached hydrogens (tertiary/aromatic N) is 1. The van der Waals surface area contributed by atoms with Crippen LogP contribution in [0.1, 0.15) is 80.3 Å². The summed E-state index contributed by atoms with van der Waals surface area (Å²) in [4.78, 5) is 16.0. The molecule has 1 saturated carbocycles. The minimum absolute atomic E-state index is 0.0920. The van der Waals surface area contributed by atoms with Crippen LogP contribution in [0.5, 0.6) is 5.75 Å². The van der Waals surface area contributed by atoms with Crippen LogP contribution in [0.25, 0.3) is 0 Å². The van der Waals surface area contributed by atoms with E-state index in [4.69, 9.17) is 25.8 Å². The Balaban J connectivity index is 1.18. The van der Waals surface area contributed by atoms with Crippen LogP contribution < -0.4 is 19.7 Å². The molecule has 1 spiro atoms. The molecule has 6 aliphatic rings. The molecule has 48 heavy (non-hydrogen) atoms. The molecule has 1 unspecified atom stereocenters. The standard InChI is InChI=1S/C37H48ClN3O6S/c1-22-5-3-7-29(36-46-33-17-39-18-34(33)47-36)28-11-8-26(28)19-41-20-37(14-4-6-24-15-27(38)10-12-30(24)37)21-45-32-13-9-25(16-31(32)41)35(42)40-48(43,44)23(22)2/h9-10,12-13,15-16,22-23,26,28-29,33-34,36,39H,3-8,11,14,17-21H2,1-2H3,(H,40,42)/t22-,23+,26-,28+,29+,33-,34+,36?,37-/m0/s1. The van der Waals surface area contributed by atoms with Crippen LogP contribution in [0.4, 0.5) is 5.69 Å². The Morgan fingerprint density at radius 1 is 0.958 bits per heavy atom. The Labute approximate surface area is 289 Å². The first-order valence-electron chi connectivity index (χ1n) is 18.0. The molecule has 260 valence electrons. The normalized spacial score (nSPS) is 37.7. The lowest BCUT2D eigenvalue weighted by Gasteiger charge is -2.47. The summed E-state index contributed by atoms with van der Waals surface area (Å²) >= 11 is 6.47. The maximum atomic E-state index is 13.5. The number of carbonyl (C=O) groups is 1. The minimum atomic E-state index is -3.90. The number of ether oxygens (including phenoxy) is 3. The Bertz CT molecular complexity index is 1660. The Kier molecular flexibility index (Phi) is 8.72. The molecule has 3 fully saturated rings. The van der Waals surface area contributed by atoms with Gasteiger partial charge in [-0.15, -0.1) is 0 Å². The average Bonchev–Trinajstić information content (AvgIpc) is 3.62. The molecule has 2 bridgehead atoms. The number of rotatable bonds is 1. The van der Waals surface area contributed by atoms with E-state index >= 15 is 0 Å². The zero-order valence-electron chi connectivity index (χ0n) is 28.0. The number of hydrogen-bond donors (Lipinski definition) is 2. The van der Waals surface area contributed by atoms with E-state index in [2.05, 4.69) is 27.1 Å². The molecule has 2 aromatic carbocycles. The van der Waals surface area contributed by atoms with Crippen LogP contribution in [0, 0.1) is 23.7 Å². The van der Waals surface area contributed by atoms with Crippen LogP contribution in [-0.2, 0) is 31.3 Å². The highest BCUT2D eigenvalue weighted by molar-refractivity contribution is 7.90. The van der Waals surface area contributed by atoms with E-state index in [-0.39, 0.29) is 35.7 Å². The molecule has 0 radical (unpaired) electrons. The third kappa shape index (κ3) is 5.93. The van der Waals surface area contributed by atoms with Gasteiger partial charge in [0.15, 0.2) is 6.29 Å². The average molecular weight is 698 g/mol. The third-order valence-electron chi connectivity index (χ3n) is 12.6. The Hall–Kier alpha value is -2.37. The highest BCUT2D eigenvalue weighted by atomic mass is 35.5. The van der Waals surface area contributed by atoms with Crippen molar-refractivity contribution in [2.24, 2.45) is 23.7 Å². The highest BCUT2D eigenvalue weighted by Crippen LogP contribution is 2.49. The molecule has 11 heteroatoms. The predicted molar refractivity (Wildman–Crippen MR) is 185 cm³/mol. The van der Waals surface area contributed by atoms with Crippen molar-refractivity contribution >= 4 is 33.2 Å². The first kappa shape index (κ1) is 32.8. The quantitative estimate of drug-likeness (QED) is 0.406. The van der Waals surface area contributed by atoms with Crippen LogP contribution in [-0.4, -0.2) is 70.9 Å². The molecular formula is C37H48ClN3O6S. The zero-order chi connectivity index (χ0) is 33.2. The summed E-state index contributed by atoms with van der Waals surface area (Å²) in [5.74, 6) is 1.11. The van der Waals surface area contributed by atoms with Gasteiger partial charge in [-0.1, -0.05) is 31.0 Å². The summed E-state index contributed by atoms with van der Waals surface area (Å²) in [6, 6.07) is 11.7. The molecule has 2 N–H and O–H groups in total. The molecule has 9 nitrogen and oxygen atoms in total. The molecular weight excluding hydrogens is 650 g/mol.